The molecule has 224 valence electrons. The van der Waals surface area contributed by atoms with Crippen molar-refractivity contribution in [1.82, 2.24) is 9.88 Å². The van der Waals surface area contributed by atoms with Crippen LogP contribution in [0.4, 0.5) is 0 Å². The van der Waals surface area contributed by atoms with Crippen molar-refractivity contribution in [1.29, 1.82) is 0 Å². The van der Waals surface area contributed by atoms with Gasteiger partial charge in [0.15, 0.2) is 15.4 Å². The lowest BCUT2D eigenvalue weighted by Gasteiger charge is -2.45. The third-order valence-electron chi connectivity index (χ3n) is 7.49. The first kappa shape index (κ1) is 30.8. The molecule has 11 heteroatoms. The quantitative estimate of drug-likeness (QED) is 0.138. The van der Waals surface area contributed by atoms with E-state index in [0.717, 1.165) is 9.75 Å². The molecule has 3 heterocycles. The highest BCUT2D eigenvalue weighted by molar-refractivity contribution is 7.90. The van der Waals surface area contributed by atoms with E-state index in [4.69, 9.17) is 10.2 Å². The van der Waals surface area contributed by atoms with E-state index in [1.807, 2.05) is 48.0 Å². The molecule has 1 amide bonds. The van der Waals surface area contributed by atoms with Gasteiger partial charge in [0, 0.05) is 22.8 Å². The molecule has 0 spiro atoms. The number of aromatic nitrogens is 1. The third kappa shape index (κ3) is 6.96. The summed E-state index contributed by atoms with van der Waals surface area (Å²) >= 11 is 2.98. The molecule has 2 N–H and O–H groups in total. The Hall–Kier alpha value is -3.64. The second kappa shape index (κ2) is 13.3. The molecule has 2 atom stereocenters. The Morgan fingerprint density at radius 3 is 2.12 bits per heavy atom. The maximum atomic E-state index is 14.4. The van der Waals surface area contributed by atoms with Crippen molar-refractivity contribution in [3.63, 3.8) is 0 Å². The first-order chi connectivity index (χ1) is 20.7. The van der Waals surface area contributed by atoms with Crippen LogP contribution in [0.2, 0.25) is 0 Å². The summed E-state index contributed by atoms with van der Waals surface area (Å²) in [6, 6.07) is 23.4. The smallest absolute Gasteiger partial charge is 0.264 e. The van der Waals surface area contributed by atoms with Gasteiger partial charge in [0.2, 0.25) is 11.7 Å². The van der Waals surface area contributed by atoms with Crippen molar-refractivity contribution in [2.24, 2.45) is 11.7 Å². The van der Waals surface area contributed by atoms with Crippen molar-refractivity contribution in [2.45, 2.75) is 44.1 Å². The van der Waals surface area contributed by atoms with E-state index < -0.39 is 38.7 Å². The number of para-hydroxylation sites is 2. The summed E-state index contributed by atoms with van der Waals surface area (Å²) in [7, 11) is -3.98. The highest BCUT2D eigenvalue weighted by Crippen LogP contribution is 2.38. The zero-order chi connectivity index (χ0) is 30.5. The zero-order valence-corrected chi connectivity index (χ0v) is 26.2. The third-order valence-corrected chi connectivity index (χ3v) is 10.9. The molecule has 2 unspecified atom stereocenters. The van der Waals surface area contributed by atoms with Crippen molar-refractivity contribution in [3.8, 4) is 0 Å². The molecule has 5 rings (SSSR count). The summed E-state index contributed by atoms with van der Waals surface area (Å²) in [5, 5.41) is 3.84. The van der Waals surface area contributed by atoms with E-state index in [1.54, 1.807) is 53.4 Å². The number of sulfone groups is 1. The van der Waals surface area contributed by atoms with Gasteiger partial charge in [0.05, 0.1) is 17.4 Å². The van der Waals surface area contributed by atoms with Gasteiger partial charge in [-0.25, -0.2) is 13.4 Å². The number of nitrogens with two attached hydrogens (primary N) is 1. The first-order valence-electron chi connectivity index (χ1n) is 14.0. The van der Waals surface area contributed by atoms with Crippen LogP contribution in [0.3, 0.4) is 0 Å². The molecule has 2 aromatic carbocycles. The Bertz CT molecular complexity index is 1700. The lowest BCUT2D eigenvalue weighted by molar-refractivity contribution is -0.133. The van der Waals surface area contributed by atoms with Crippen molar-refractivity contribution in [2.75, 3.05) is 5.75 Å². The SMILES string of the molecule is CCCC(C(=O)c1nc2ccccc2o1)C(CS(=O)(=O)Cc1ccccc1)(C(N)=O)N(Cc1cccs1)Cc1cccs1. The topological polar surface area (TPSA) is 124 Å². The number of nitrogens with zero attached hydrogens (tertiary/aromatic N) is 2. The molecule has 0 fully saturated rings. The van der Waals surface area contributed by atoms with Crippen LogP contribution in [0.15, 0.2) is 94.0 Å². The predicted octanol–water partition coefficient (Wildman–Crippen LogP) is 6.09. The summed E-state index contributed by atoms with van der Waals surface area (Å²) in [5.74, 6) is -3.68. The number of hydrogen-bond donors (Lipinski definition) is 1. The fourth-order valence-corrected chi connectivity index (χ4v) is 8.98. The van der Waals surface area contributed by atoms with E-state index >= 15 is 0 Å². The fourth-order valence-electron chi connectivity index (χ4n) is 5.55. The van der Waals surface area contributed by atoms with Gasteiger partial charge in [0.25, 0.3) is 5.89 Å². The van der Waals surface area contributed by atoms with Gasteiger partial charge >= 0.3 is 0 Å². The molecule has 0 bridgehead atoms. The first-order valence-corrected chi connectivity index (χ1v) is 17.5. The molecule has 3 aromatic heterocycles. The maximum Gasteiger partial charge on any atom is 0.264 e. The molecule has 5 aromatic rings. The summed E-state index contributed by atoms with van der Waals surface area (Å²) in [6.07, 6.45) is 0.697. The number of hydrogen-bond acceptors (Lipinski definition) is 9. The van der Waals surface area contributed by atoms with E-state index in [0.29, 0.717) is 23.1 Å². The second-order valence-electron chi connectivity index (χ2n) is 10.5. The van der Waals surface area contributed by atoms with E-state index in [-0.39, 0.29) is 31.2 Å². The van der Waals surface area contributed by atoms with Crippen LogP contribution in [0, 0.1) is 5.92 Å². The fraction of sp³-hybridized carbons (Fsp3) is 0.281. The number of benzene rings is 2. The van der Waals surface area contributed by atoms with Crippen molar-refractivity contribution < 1.29 is 22.4 Å². The van der Waals surface area contributed by atoms with Gasteiger partial charge in [0.1, 0.15) is 11.1 Å². The summed E-state index contributed by atoms with van der Waals surface area (Å²) in [4.78, 5) is 36.5. The Labute approximate surface area is 259 Å². The lowest BCUT2D eigenvalue weighted by Crippen LogP contribution is -2.66. The van der Waals surface area contributed by atoms with Gasteiger partial charge < -0.3 is 10.2 Å². The van der Waals surface area contributed by atoms with Gasteiger partial charge in [-0.15, -0.1) is 22.7 Å². The number of oxazole rings is 1. The summed E-state index contributed by atoms with van der Waals surface area (Å²) in [5.41, 5.74) is 5.91. The van der Waals surface area contributed by atoms with Gasteiger partial charge in [-0.2, -0.15) is 0 Å². The van der Waals surface area contributed by atoms with Crippen LogP contribution in [0.5, 0.6) is 0 Å². The number of thiophene rings is 2. The van der Waals surface area contributed by atoms with Gasteiger partial charge in [-0.3, -0.25) is 14.5 Å². The number of carbonyl (C=O) groups excluding carboxylic acids is 2. The Morgan fingerprint density at radius 1 is 0.930 bits per heavy atom. The van der Waals surface area contributed by atoms with Crippen LogP contribution in [0.1, 0.15) is 45.8 Å². The van der Waals surface area contributed by atoms with Crippen molar-refractivity contribution in [3.05, 3.63) is 111 Å². The lowest BCUT2D eigenvalue weighted by atomic mass is 9.77. The molecule has 0 aliphatic heterocycles. The zero-order valence-electron chi connectivity index (χ0n) is 23.7. The number of rotatable bonds is 15. The summed E-state index contributed by atoms with van der Waals surface area (Å²) in [6.45, 7) is 2.33. The van der Waals surface area contributed by atoms with Crippen LogP contribution < -0.4 is 5.73 Å². The van der Waals surface area contributed by atoms with Crippen molar-refractivity contribution >= 4 is 55.3 Å². The second-order valence-corrected chi connectivity index (χ2v) is 14.6. The minimum atomic E-state index is -3.98. The molecule has 0 saturated heterocycles. The average Bonchev–Trinajstić information content (AvgIpc) is 3.77. The number of ketones is 1. The Balaban J connectivity index is 1.68. The largest absolute Gasteiger partial charge is 0.434 e. The maximum absolute atomic E-state index is 14.4. The Morgan fingerprint density at radius 2 is 1.56 bits per heavy atom. The minimum Gasteiger partial charge on any atom is -0.434 e. The van der Waals surface area contributed by atoms with E-state index in [1.165, 1.54) is 22.7 Å². The monoisotopic (exact) mass is 635 g/mol. The minimum absolute atomic E-state index is 0.169. The van der Waals surface area contributed by atoms with Gasteiger partial charge in [-0.05, 0) is 47.0 Å². The van der Waals surface area contributed by atoms with Gasteiger partial charge in [-0.1, -0.05) is 67.9 Å². The molecule has 0 aliphatic carbocycles. The molecular formula is C32H33N3O5S3. The van der Waals surface area contributed by atoms with Crippen LogP contribution >= 0.6 is 22.7 Å². The average molecular weight is 636 g/mol. The number of Topliss-reactive ketones (excluding diaryl/α,β-unsaturated/α-hetero) is 1. The standard InChI is InChI=1S/C32H33N3O5S3/c1-2-10-26(29(36)30-34-27-15-6-7-16-28(27)40-30)32(31(33)37,22-43(38,39)21-23-11-4-3-5-12-23)35(19-24-13-8-17-41-24)20-25-14-9-18-42-25/h3-9,11-18,26H,2,10,19-22H2,1H3,(H2,33,37). The number of carbonyl (C=O) groups is 2. The number of amides is 1. The van der Waals surface area contributed by atoms with Crippen LogP contribution in [-0.2, 0) is 33.5 Å². The molecule has 0 radical (unpaired) electrons. The molecular weight excluding hydrogens is 603 g/mol. The van der Waals surface area contributed by atoms with E-state index in [9.17, 15) is 18.0 Å². The number of primary amides is 1. The predicted molar refractivity (Wildman–Crippen MR) is 170 cm³/mol. The molecule has 8 nitrogen and oxygen atoms in total. The highest BCUT2D eigenvalue weighted by Gasteiger charge is 2.55. The Kier molecular flexibility index (Phi) is 9.55. The molecule has 0 aliphatic rings. The normalized spacial score (nSPS) is 14.1. The highest BCUT2D eigenvalue weighted by atomic mass is 32.2. The van der Waals surface area contributed by atoms with E-state index in [2.05, 4.69) is 4.98 Å². The molecule has 0 saturated carbocycles. The molecule has 43 heavy (non-hydrogen) atoms. The van der Waals surface area contributed by atoms with Crippen LogP contribution in [0.25, 0.3) is 11.1 Å². The summed E-state index contributed by atoms with van der Waals surface area (Å²) < 4.78 is 34.0. The number of fused-ring (bicyclic) bond motifs is 1. The van der Waals surface area contributed by atoms with Crippen LogP contribution in [-0.4, -0.2) is 41.3 Å².